The maximum absolute atomic E-state index is 12.1. The number of fused-ring (bicyclic) bond motifs is 1. The van der Waals surface area contributed by atoms with Crippen LogP contribution in [0, 0.1) is 0 Å². The van der Waals surface area contributed by atoms with Gasteiger partial charge in [0.1, 0.15) is 0 Å². The van der Waals surface area contributed by atoms with Crippen molar-refractivity contribution in [3.8, 4) is 0 Å². The maximum Gasteiger partial charge on any atom is 0.331 e. The van der Waals surface area contributed by atoms with Gasteiger partial charge in [-0.15, -0.1) is 0 Å². The van der Waals surface area contributed by atoms with Gasteiger partial charge in [-0.3, -0.25) is 9.78 Å². The second kappa shape index (κ2) is 9.46. The van der Waals surface area contributed by atoms with E-state index in [1.165, 1.54) is 6.08 Å². The summed E-state index contributed by atoms with van der Waals surface area (Å²) in [4.78, 5) is 28.5. The fraction of sp³-hybridized carbons (Fsp3) is 0.174. The second-order valence-corrected chi connectivity index (χ2v) is 6.36. The molecular formula is C23H22N2O3. The van der Waals surface area contributed by atoms with Gasteiger partial charge in [0.25, 0.3) is 5.91 Å². The zero-order valence-corrected chi connectivity index (χ0v) is 15.7. The lowest BCUT2D eigenvalue weighted by molar-refractivity contribution is -0.150. The predicted molar refractivity (Wildman–Crippen MR) is 109 cm³/mol. The number of pyridine rings is 1. The van der Waals surface area contributed by atoms with Crippen molar-refractivity contribution in [2.24, 2.45) is 0 Å². The Morgan fingerprint density at radius 3 is 2.68 bits per heavy atom. The second-order valence-electron chi connectivity index (χ2n) is 6.36. The molecule has 0 spiro atoms. The predicted octanol–water partition coefficient (Wildman–Crippen LogP) is 3.54. The molecule has 3 rings (SSSR count). The summed E-state index contributed by atoms with van der Waals surface area (Å²) in [6.45, 7) is 2.05. The van der Waals surface area contributed by atoms with Gasteiger partial charge in [0, 0.05) is 29.8 Å². The van der Waals surface area contributed by atoms with E-state index >= 15 is 0 Å². The standard InChI is InChI=1S/C23H22N2O3/c1-17(23(27)25-16-14-18-7-3-2-4-8-18)28-21(26)13-12-20-10-5-9-19-11-6-15-24-22(19)20/h2-13,15,17H,14,16H2,1H3,(H,25,27)/b13-12+. The Bertz CT molecular complexity index is 978. The number of nitrogens with one attached hydrogen (secondary N) is 1. The average Bonchev–Trinajstić information content (AvgIpc) is 2.73. The zero-order chi connectivity index (χ0) is 19.8. The lowest BCUT2D eigenvalue weighted by Crippen LogP contribution is -2.36. The summed E-state index contributed by atoms with van der Waals surface area (Å²) in [6, 6.07) is 19.4. The Balaban J connectivity index is 1.50. The van der Waals surface area contributed by atoms with Crippen molar-refractivity contribution < 1.29 is 14.3 Å². The molecule has 0 bridgehead atoms. The summed E-state index contributed by atoms with van der Waals surface area (Å²) < 4.78 is 5.19. The number of benzene rings is 2. The number of nitrogens with zero attached hydrogens (tertiary/aromatic N) is 1. The van der Waals surface area contributed by atoms with Gasteiger partial charge < -0.3 is 10.1 Å². The Hall–Kier alpha value is -3.47. The van der Waals surface area contributed by atoms with E-state index in [0.29, 0.717) is 6.54 Å². The third kappa shape index (κ3) is 5.27. The number of carbonyl (C=O) groups excluding carboxylic acids is 2. The highest BCUT2D eigenvalue weighted by Gasteiger charge is 2.15. The molecule has 2 aromatic carbocycles. The highest BCUT2D eigenvalue weighted by atomic mass is 16.5. The Labute approximate surface area is 164 Å². The fourth-order valence-electron chi connectivity index (χ4n) is 2.81. The summed E-state index contributed by atoms with van der Waals surface area (Å²) in [5, 5.41) is 3.77. The number of ether oxygens (including phenoxy) is 1. The Morgan fingerprint density at radius 2 is 1.86 bits per heavy atom. The van der Waals surface area contributed by atoms with Crippen molar-refractivity contribution in [3.63, 3.8) is 0 Å². The van der Waals surface area contributed by atoms with Crippen LogP contribution in [0.3, 0.4) is 0 Å². The summed E-state index contributed by atoms with van der Waals surface area (Å²) in [7, 11) is 0. The third-order valence-corrected chi connectivity index (χ3v) is 4.28. The minimum atomic E-state index is -0.862. The molecule has 0 radical (unpaired) electrons. The highest BCUT2D eigenvalue weighted by molar-refractivity contribution is 5.94. The first-order valence-corrected chi connectivity index (χ1v) is 9.17. The van der Waals surface area contributed by atoms with Crippen molar-refractivity contribution in [2.75, 3.05) is 6.54 Å². The molecule has 0 aliphatic rings. The lowest BCUT2D eigenvalue weighted by atomic mass is 10.1. The molecule has 0 saturated carbocycles. The average molecular weight is 374 g/mol. The first kappa shape index (κ1) is 19.3. The van der Waals surface area contributed by atoms with Crippen LogP contribution in [0.5, 0.6) is 0 Å². The van der Waals surface area contributed by atoms with Crippen LogP contribution in [0.15, 0.2) is 72.9 Å². The molecule has 0 aliphatic carbocycles. The highest BCUT2D eigenvalue weighted by Crippen LogP contribution is 2.17. The molecule has 5 nitrogen and oxygen atoms in total. The van der Waals surface area contributed by atoms with Gasteiger partial charge in [-0.25, -0.2) is 4.79 Å². The third-order valence-electron chi connectivity index (χ3n) is 4.28. The van der Waals surface area contributed by atoms with E-state index in [-0.39, 0.29) is 5.91 Å². The largest absolute Gasteiger partial charge is 0.449 e. The van der Waals surface area contributed by atoms with Crippen LogP contribution in [0.4, 0.5) is 0 Å². The minimum absolute atomic E-state index is 0.315. The molecule has 1 aromatic heterocycles. The van der Waals surface area contributed by atoms with E-state index in [4.69, 9.17) is 4.74 Å². The maximum atomic E-state index is 12.1. The van der Waals surface area contributed by atoms with Crippen molar-refractivity contribution in [3.05, 3.63) is 84.1 Å². The SMILES string of the molecule is CC(OC(=O)/C=C/c1cccc2cccnc12)C(=O)NCCc1ccccc1. The summed E-state index contributed by atoms with van der Waals surface area (Å²) in [5.41, 5.74) is 2.76. The first-order chi connectivity index (χ1) is 13.6. The van der Waals surface area contributed by atoms with Gasteiger partial charge in [-0.1, -0.05) is 54.6 Å². The van der Waals surface area contributed by atoms with E-state index in [1.807, 2.05) is 60.7 Å². The van der Waals surface area contributed by atoms with Gasteiger partial charge in [0.2, 0.25) is 0 Å². The number of rotatable bonds is 7. The molecule has 0 aliphatic heterocycles. The van der Waals surface area contributed by atoms with Gasteiger partial charge in [-0.2, -0.15) is 0 Å². The van der Waals surface area contributed by atoms with Gasteiger partial charge in [0.05, 0.1) is 5.52 Å². The monoisotopic (exact) mass is 374 g/mol. The number of esters is 1. The van der Waals surface area contributed by atoms with Crippen molar-refractivity contribution in [2.45, 2.75) is 19.4 Å². The van der Waals surface area contributed by atoms with Crippen LogP contribution >= 0.6 is 0 Å². The van der Waals surface area contributed by atoms with Crippen LogP contribution in [-0.2, 0) is 20.7 Å². The quantitative estimate of drug-likeness (QED) is 0.507. The molecule has 142 valence electrons. The number of hydrogen-bond donors (Lipinski definition) is 1. The van der Waals surface area contributed by atoms with Crippen LogP contribution in [0.1, 0.15) is 18.1 Å². The number of hydrogen-bond acceptors (Lipinski definition) is 4. The normalized spacial score (nSPS) is 12.0. The lowest BCUT2D eigenvalue weighted by Gasteiger charge is -2.12. The van der Waals surface area contributed by atoms with E-state index in [9.17, 15) is 9.59 Å². The first-order valence-electron chi connectivity index (χ1n) is 9.17. The molecule has 0 fully saturated rings. The molecule has 28 heavy (non-hydrogen) atoms. The smallest absolute Gasteiger partial charge is 0.331 e. The molecule has 1 unspecified atom stereocenters. The molecular weight excluding hydrogens is 352 g/mol. The minimum Gasteiger partial charge on any atom is -0.449 e. The van der Waals surface area contributed by atoms with Crippen LogP contribution in [0.25, 0.3) is 17.0 Å². The van der Waals surface area contributed by atoms with Crippen LogP contribution < -0.4 is 5.32 Å². The van der Waals surface area contributed by atoms with Crippen LogP contribution in [-0.4, -0.2) is 29.5 Å². The number of aromatic nitrogens is 1. The molecule has 1 N–H and O–H groups in total. The molecule has 3 aromatic rings. The van der Waals surface area contributed by atoms with Gasteiger partial charge in [-0.05, 0) is 31.1 Å². The molecule has 1 heterocycles. The zero-order valence-electron chi connectivity index (χ0n) is 15.7. The topological polar surface area (TPSA) is 68.3 Å². The summed E-state index contributed by atoms with van der Waals surface area (Å²) in [6.07, 6.45) is 4.54. The van der Waals surface area contributed by atoms with Gasteiger partial charge in [0.15, 0.2) is 6.10 Å². The summed E-state index contributed by atoms with van der Waals surface area (Å²) >= 11 is 0. The van der Waals surface area contributed by atoms with Crippen LogP contribution in [0.2, 0.25) is 0 Å². The molecule has 1 atom stereocenters. The van der Waals surface area contributed by atoms with Crippen molar-refractivity contribution >= 4 is 28.9 Å². The van der Waals surface area contributed by atoms with E-state index in [1.54, 1.807) is 19.2 Å². The van der Waals surface area contributed by atoms with E-state index in [0.717, 1.165) is 28.5 Å². The van der Waals surface area contributed by atoms with Crippen molar-refractivity contribution in [1.29, 1.82) is 0 Å². The number of carbonyl (C=O) groups is 2. The summed E-state index contributed by atoms with van der Waals surface area (Å²) in [5.74, 6) is -0.886. The Kier molecular flexibility index (Phi) is 6.52. The van der Waals surface area contributed by atoms with E-state index < -0.39 is 12.1 Å². The number of para-hydroxylation sites is 1. The molecule has 1 amide bonds. The van der Waals surface area contributed by atoms with Crippen molar-refractivity contribution in [1.82, 2.24) is 10.3 Å². The van der Waals surface area contributed by atoms with Gasteiger partial charge >= 0.3 is 5.97 Å². The number of amides is 1. The Morgan fingerprint density at radius 1 is 1.07 bits per heavy atom. The fourth-order valence-corrected chi connectivity index (χ4v) is 2.81. The van der Waals surface area contributed by atoms with E-state index in [2.05, 4.69) is 10.3 Å². The molecule has 0 saturated heterocycles. The molecule has 5 heteroatoms.